The van der Waals surface area contributed by atoms with Crippen molar-refractivity contribution in [2.75, 3.05) is 6.61 Å². The first kappa shape index (κ1) is 12.8. The summed E-state index contributed by atoms with van der Waals surface area (Å²) in [5.41, 5.74) is 7.19. The Morgan fingerprint density at radius 3 is 2.69 bits per heavy atom. The Bertz CT molecular complexity index is 308. The minimum Gasteiger partial charge on any atom is -0.494 e. The lowest BCUT2D eigenvalue weighted by atomic mass is 10.0. The normalized spacial score (nSPS) is 12.1. The molecule has 0 fully saturated rings. The van der Waals surface area contributed by atoms with Crippen molar-refractivity contribution >= 4 is 0 Å². The molecule has 0 saturated carbocycles. The molecule has 0 aliphatic carbocycles. The van der Waals surface area contributed by atoms with E-state index < -0.39 is 0 Å². The zero-order chi connectivity index (χ0) is 11.8. The molecule has 2 N–H and O–H groups in total. The van der Waals surface area contributed by atoms with Gasteiger partial charge in [0, 0.05) is 6.04 Å². The lowest BCUT2D eigenvalue weighted by Gasteiger charge is -2.13. The summed E-state index contributed by atoms with van der Waals surface area (Å²) < 4.78 is 5.58. The summed E-state index contributed by atoms with van der Waals surface area (Å²) in [4.78, 5) is 0. The first-order chi connectivity index (χ1) is 7.72. The van der Waals surface area contributed by atoms with Gasteiger partial charge in [-0.25, -0.2) is 0 Å². The largest absolute Gasteiger partial charge is 0.494 e. The van der Waals surface area contributed by atoms with Crippen molar-refractivity contribution in [1.29, 1.82) is 0 Å². The Hall–Kier alpha value is -1.28. The van der Waals surface area contributed by atoms with E-state index in [-0.39, 0.29) is 6.04 Å². The van der Waals surface area contributed by atoms with E-state index in [2.05, 4.69) is 13.5 Å². The third kappa shape index (κ3) is 4.99. The number of hydrogen-bond donors (Lipinski definition) is 1. The highest BCUT2D eigenvalue weighted by Crippen LogP contribution is 2.11. The Morgan fingerprint density at radius 1 is 1.38 bits per heavy atom. The van der Waals surface area contributed by atoms with Gasteiger partial charge in [-0.1, -0.05) is 37.3 Å². The molecular formula is C14H21NO. The molecule has 1 aromatic carbocycles. The zero-order valence-corrected chi connectivity index (χ0v) is 9.99. The predicted molar refractivity (Wildman–Crippen MR) is 68.6 cm³/mol. The van der Waals surface area contributed by atoms with Gasteiger partial charge in [0.2, 0.25) is 0 Å². The maximum absolute atomic E-state index is 5.97. The van der Waals surface area contributed by atoms with Gasteiger partial charge in [0.1, 0.15) is 5.75 Å². The lowest BCUT2D eigenvalue weighted by Crippen LogP contribution is -2.23. The zero-order valence-electron chi connectivity index (χ0n) is 9.99. The lowest BCUT2D eigenvalue weighted by molar-refractivity contribution is 0.297. The molecule has 1 atom stereocenters. The van der Waals surface area contributed by atoms with E-state index in [0.29, 0.717) is 6.61 Å². The van der Waals surface area contributed by atoms with Crippen LogP contribution >= 0.6 is 0 Å². The van der Waals surface area contributed by atoms with Gasteiger partial charge in [0.05, 0.1) is 6.61 Å². The number of hydrogen-bond acceptors (Lipinski definition) is 2. The highest BCUT2D eigenvalue weighted by molar-refractivity contribution is 5.20. The van der Waals surface area contributed by atoms with E-state index in [0.717, 1.165) is 25.0 Å². The van der Waals surface area contributed by atoms with Crippen LogP contribution in [0.1, 0.15) is 26.2 Å². The molecule has 0 aliphatic rings. The summed E-state index contributed by atoms with van der Waals surface area (Å²) in [5.74, 6) is 0.906. The minimum atomic E-state index is 0.163. The fourth-order valence-electron chi connectivity index (χ4n) is 1.46. The van der Waals surface area contributed by atoms with E-state index in [9.17, 15) is 0 Å². The van der Waals surface area contributed by atoms with Gasteiger partial charge in [0.15, 0.2) is 0 Å². The van der Waals surface area contributed by atoms with Gasteiger partial charge in [-0.15, -0.1) is 0 Å². The highest BCUT2D eigenvalue weighted by Gasteiger charge is 2.04. The van der Waals surface area contributed by atoms with Crippen LogP contribution in [-0.4, -0.2) is 12.6 Å². The molecule has 2 heteroatoms. The molecule has 16 heavy (non-hydrogen) atoms. The third-order valence-corrected chi connectivity index (χ3v) is 2.55. The number of benzene rings is 1. The number of ether oxygens (including phenoxy) is 1. The molecule has 0 radical (unpaired) electrons. The number of para-hydroxylation sites is 1. The van der Waals surface area contributed by atoms with Gasteiger partial charge in [-0.3, -0.25) is 0 Å². The third-order valence-electron chi connectivity index (χ3n) is 2.55. The van der Waals surface area contributed by atoms with Crippen LogP contribution in [0.25, 0.3) is 0 Å². The van der Waals surface area contributed by atoms with Gasteiger partial charge < -0.3 is 10.5 Å². The molecule has 0 heterocycles. The molecule has 88 valence electrons. The van der Waals surface area contributed by atoms with Crippen molar-refractivity contribution in [1.82, 2.24) is 0 Å². The van der Waals surface area contributed by atoms with Gasteiger partial charge in [-0.2, -0.15) is 0 Å². The quantitative estimate of drug-likeness (QED) is 0.715. The minimum absolute atomic E-state index is 0.163. The number of rotatable bonds is 7. The van der Waals surface area contributed by atoms with E-state index in [1.165, 1.54) is 5.57 Å². The second kappa shape index (κ2) is 7.07. The van der Waals surface area contributed by atoms with Crippen molar-refractivity contribution in [2.45, 2.75) is 32.2 Å². The molecule has 1 rings (SSSR count). The van der Waals surface area contributed by atoms with Crippen LogP contribution in [0.4, 0.5) is 0 Å². The maximum Gasteiger partial charge on any atom is 0.119 e. The second-order valence-corrected chi connectivity index (χ2v) is 4.02. The molecule has 0 saturated heterocycles. The molecule has 0 amide bonds. The molecule has 2 nitrogen and oxygen atoms in total. The molecule has 0 bridgehead atoms. The summed E-state index contributed by atoms with van der Waals surface area (Å²) in [5, 5.41) is 0. The first-order valence-corrected chi connectivity index (χ1v) is 5.82. The Kier molecular flexibility index (Phi) is 5.65. The van der Waals surface area contributed by atoms with Crippen LogP contribution in [-0.2, 0) is 0 Å². The molecule has 0 spiro atoms. The van der Waals surface area contributed by atoms with Crippen LogP contribution in [0.5, 0.6) is 5.75 Å². The van der Waals surface area contributed by atoms with Gasteiger partial charge >= 0.3 is 0 Å². The van der Waals surface area contributed by atoms with E-state index >= 15 is 0 Å². The summed E-state index contributed by atoms with van der Waals surface area (Å²) in [6, 6.07) is 9.98. The standard InChI is InChI=1S/C14H21NO/c1-3-12(2)11-13(15)9-10-16-14-7-5-4-6-8-14/h4-8,13H,2-3,9-11,15H2,1H3. The fraction of sp³-hybridized carbons (Fsp3) is 0.429. The first-order valence-electron chi connectivity index (χ1n) is 5.82. The van der Waals surface area contributed by atoms with Gasteiger partial charge in [0.25, 0.3) is 0 Å². The van der Waals surface area contributed by atoms with E-state index in [4.69, 9.17) is 10.5 Å². The van der Waals surface area contributed by atoms with Crippen LogP contribution in [0.3, 0.4) is 0 Å². The number of nitrogens with two attached hydrogens (primary N) is 1. The van der Waals surface area contributed by atoms with Crippen LogP contribution < -0.4 is 10.5 Å². The van der Waals surface area contributed by atoms with Crippen LogP contribution in [0.15, 0.2) is 42.5 Å². The summed E-state index contributed by atoms with van der Waals surface area (Å²) >= 11 is 0. The smallest absolute Gasteiger partial charge is 0.119 e. The van der Waals surface area contributed by atoms with Crippen molar-refractivity contribution in [3.63, 3.8) is 0 Å². The summed E-state index contributed by atoms with van der Waals surface area (Å²) in [6.07, 6.45) is 2.77. The van der Waals surface area contributed by atoms with Crippen molar-refractivity contribution in [3.8, 4) is 5.75 Å². The van der Waals surface area contributed by atoms with Crippen LogP contribution in [0, 0.1) is 0 Å². The Balaban J connectivity index is 2.18. The summed E-state index contributed by atoms with van der Waals surface area (Å²) in [7, 11) is 0. The molecule has 1 unspecified atom stereocenters. The summed E-state index contributed by atoms with van der Waals surface area (Å²) in [6.45, 7) is 6.73. The monoisotopic (exact) mass is 219 g/mol. The Labute approximate surface area is 98.1 Å². The van der Waals surface area contributed by atoms with Crippen molar-refractivity contribution in [2.24, 2.45) is 5.73 Å². The molecule has 0 aromatic heterocycles. The average Bonchev–Trinajstić information content (AvgIpc) is 2.30. The van der Waals surface area contributed by atoms with E-state index in [1.54, 1.807) is 0 Å². The van der Waals surface area contributed by atoms with E-state index in [1.807, 2.05) is 30.3 Å². The molecular weight excluding hydrogens is 198 g/mol. The SMILES string of the molecule is C=C(CC)CC(N)CCOc1ccccc1. The predicted octanol–water partition coefficient (Wildman–Crippen LogP) is 3.14. The maximum atomic E-state index is 5.97. The van der Waals surface area contributed by atoms with Gasteiger partial charge in [-0.05, 0) is 31.4 Å². The van der Waals surface area contributed by atoms with Crippen LogP contribution in [0.2, 0.25) is 0 Å². The average molecular weight is 219 g/mol. The Morgan fingerprint density at radius 2 is 2.06 bits per heavy atom. The second-order valence-electron chi connectivity index (χ2n) is 4.02. The molecule has 0 aliphatic heterocycles. The van der Waals surface area contributed by atoms with Crippen molar-refractivity contribution in [3.05, 3.63) is 42.5 Å². The highest BCUT2D eigenvalue weighted by atomic mass is 16.5. The fourth-order valence-corrected chi connectivity index (χ4v) is 1.46. The van der Waals surface area contributed by atoms with Crippen molar-refractivity contribution < 1.29 is 4.74 Å². The molecule has 1 aromatic rings. The topological polar surface area (TPSA) is 35.2 Å².